The van der Waals surface area contributed by atoms with Crippen LogP contribution in [0.2, 0.25) is 0 Å². The summed E-state index contributed by atoms with van der Waals surface area (Å²) in [5.74, 6) is 0.305. The number of rotatable bonds is 5. The second kappa shape index (κ2) is 5.33. The van der Waals surface area contributed by atoms with Crippen LogP contribution in [0.15, 0.2) is 0 Å². The molecular weight excluding hydrogens is 220 g/mol. The van der Waals surface area contributed by atoms with Gasteiger partial charge in [0, 0.05) is 18.5 Å². The largest absolute Gasteiger partial charge is 0.389 e. The smallest absolute Gasteiger partial charge is 0.223 e. The normalized spacial score (nSPS) is 33.1. The Bertz CT molecular complexity index is 279. The van der Waals surface area contributed by atoms with Gasteiger partial charge < -0.3 is 20.5 Å². The second-order valence-corrected chi connectivity index (χ2v) is 5.31. The maximum absolute atomic E-state index is 11.5. The molecule has 1 saturated carbocycles. The van der Waals surface area contributed by atoms with E-state index in [-0.39, 0.29) is 24.0 Å². The predicted molar refractivity (Wildman–Crippen MR) is 63.5 cm³/mol. The molecule has 0 bridgehead atoms. The third kappa shape index (κ3) is 3.40. The van der Waals surface area contributed by atoms with E-state index >= 15 is 0 Å². The van der Waals surface area contributed by atoms with Crippen molar-refractivity contribution in [1.82, 2.24) is 10.6 Å². The summed E-state index contributed by atoms with van der Waals surface area (Å²) in [7, 11) is 0. The first-order chi connectivity index (χ1) is 8.08. The van der Waals surface area contributed by atoms with Crippen LogP contribution in [-0.4, -0.2) is 48.5 Å². The van der Waals surface area contributed by atoms with Crippen LogP contribution < -0.4 is 10.6 Å². The number of nitrogens with one attached hydrogen (secondary N) is 2. The van der Waals surface area contributed by atoms with Crippen LogP contribution in [0.3, 0.4) is 0 Å². The number of carbonyl (C=O) groups excluding carboxylic acids is 1. The summed E-state index contributed by atoms with van der Waals surface area (Å²) in [5, 5.41) is 16.1. The van der Waals surface area contributed by atoms with Gasteiger partial charge in [-0.3, -0.25) is 4.79 Å². The molecule has 1 aliphatic carbocycles. The Labute approximate surface area is 102 Å². The number of amides is 1. The highest BCUT2D eigenvalue weighted by atomic mass is 16.5. The molecule has 5 nitrogen and oxygen atoms in total. The van der Waals surface area contributed by atoms with Crippen LogP contribution in [0.5, 0.6) is 0 Å². The summed E-state index contributed by atoms with van der Waals surface area (Å²) in [6.07, 6.45) is 1.17. The van der Waals surface area contributed by atoms with Gasteiger partial charge in [-0.05, 0) is 12.8 Å². The number of hydrogen-bond donors (Lipinski definition) is 3. The van der Waals surface area contributed by atoms with Gasteiger partial charge in [-0.15, -0.1) is 0 Å². The summed E-state index contributed by atoms with van der Waals surface area (Å²) in [4.78, 5) is 11.5. The van der Waals surface area contributed by atoms with Crippen molar-refractivity contribution in [3.8, 4) is 0 Å². The highest BCUT2D eigenvalue weighted by Crippen LogP contribution is 2.28. The van der Waals surface area contributed by atoms with Crippen LogP contribution in [0.25, 0.3) is 0 Å². The monoisotopic (exact) mass is 242 g/mol. The lowest BCUT2D eigenvalue weighted by molar-refractivity contribution is -0.123. The van der Waals surface area contributed by atoms with Crippen LogP contribution >= 0.6 is 0 Å². The Kier molecular flexibility index (Phi) is 4.01. The zero-order valence-corrected chi connectivity index (χ0v) is 10.5. The van der Waals surface area contributed by atoms with E-state index in [1.54, 1.807) is 0 Å². The molecule has 0 aromatic carbocycles. The molecule has 0 spiro atoms. The van der Waals surface area contributed by atoms with Crippen molar-refractivity contribution in [3.63, 3.8) is 0 Å². The molecule has 2 rings (SSSR count). The topological polar surface area (TPSA) is 70.6 Å². The molecule has 2 fully saturated rings. The van der Waals surface area contributed by atoms with Gasteiger partial charge in [-0.1, -0.05) is 13.8 Å². The van der Waals surface area contributed by atoms with Gasteiger partial charge in [0.1, 0.15) is 6.10 Å². The van der Waals surface area contributed by atoms with Crippen molar-refractivity contribution >= 4 is 5.91 Å². The summed E-state index contributed by atoms with van der Waals surface area (Å²) < 4.78 is 5.50. The van der Waals surface area contributed by atoms with E-state index in [2.05, 4.69) is 10.6 Å². The van der Waals surface area contributed by atoms with E-state index in [1.165, 1.54) is 0 Å². The Morgan fingerprint density at radius 1 is 1.47 bits per heavy atom. The number of carbonyl (C=O) groups is 1. The predicted octanol–water partition coefficient (Wildman–Crippen LogP) is -0.361. The number of aliphatic hydroxyl groups is 1. The van der Waals surface area contributed by atoms with Gasteiger partial charge in [-0.25, -0.2) is 0 Å². The van der Waals surface area contributed by atoms with Crippen LogP contribution in [0, 0.1) is 5.92 Å². The average Bonchev–Trinajstić information content (AvgIpc) is 3.05. The minimum atomic E-state index is -0.545. The molecule has 1 saturated heterocycles. The van der Waals surface area contributed by atoms with E-state index in [4.69, 9.17) is 4.74 Å². The Morgan fingerprint density at radius 3 is 2.76 bits per heavy atom. The third-order valence-electron chi connectivity index (χ3n) is 3.26. The molecule has 0 aromatic heterocycles. The Balaban J connectivity index is 1.72. The minimum absolute atomic E-state index is 0.0298. The Morgan fingerprint density at radius 2 is 2.18 bits per heavy atom. The highest BCUT2D eigenvalue weighted by Gasteiger charge is 2.37. The number of ether oxygens (including phenoxy) is 1. The molecule has 17 heavy (non-hydrogen) atoms. The first-order valence-corrected chi connectivity index (χ1v) is 6.41. The maximum Gasteiger partial charge on any atom is 0.223 e. The fraction of sp³-hybridized carbons (Fsp3) is 0.917. The van der Waals surface area contributed by atoms with Gasteiger partial charge in [0.25, 0.3) is 0 Å². The highest BCUT2D eigenvalue weighted by molar-refractivity contribution is 5.80. The number of aliphatic hydroxyl groups excluding tert-OH is 1. The van der Waals surface area contributed by atoms with Gasteiger partial charge in [0.15, 0.2) is 0 Å². The molecule has 3 atom stereocenters. The molecule has 1 aliphatic heterocycles. The third-order valence-corrected chi connectivity index (χ3v) is 3.26. The first kappa shape index (κ1) is 12.8. The quantitative estimate of drug-likeness (QED) is 0.616. The average molecular weight is 242 g/mol. The standard InChI is InChI=1S/C12H22N2O3/c1-7(2)14-9-6-17-10(11(9)15)5-13-12(16)8-3-4-8/h7-11,14-15H,3-6H2,1-2H3,(H,13,16). The summed E-state index contributed by atoms with van der Waals surface area (Å²) in [6, 6.07) is 0.288. The molecular formula is C12H22N2O3. The fourth-order valence-corrected chi connectivity index (χ4v) is 2.13. The zero-order chi connectivity index (χ0) is 12.4. The van der Waals surface area contributed by atoms with Crippen molar-refractivity contribution in [2.24, 2.45) is 5.92 Å². The van der Waals surface area contributed by atoms with Crippen LogP contribution in [-0.2, 0) is 9.53 Å². The van der Waals surface area contributed by atoms with Gasteiger partial charge in [-0.2, -0.15) is 0 Å². The molecule has 98 valence electrons. The molecule has 1 amide bonds. The van der Waals surface area contributed by atoms with Crippen LogP contribution in [0.1, 0.15) is 26.7 Å². The van der Waals surface area contributed by atoms with E-state index in [9.17, 15) is 9.90 Å². The SMILES string of the molecule is CC(C)NC1COC(CNC(=O)C2CC2)C1O. The van der Waals surface area contributed by atoms with Crippen molar-refractivity contribution in [2.45, 2.75) is 51.0 Å². The summed E-state index contributed by atoms with van der Waals surface area (Å²) in [6.45, 7) is 4.99. The second-order valence-electron chi connectivity index (χ2n) is 5.31. The lowest BCUT2D eigenvalue weighted by atomic mass is 10.1. The molecule has 3 unspecified atom stereocenters. The van der Waals surface area contributed by atoms with Crippen molar-refractivity contribution in [1.29, 1.82) is 0 Å². The zero-order valence-electron chi connectivity index (χ0n) is 10.5. The summed E-state index contributed by atoms with van der Waals surface area (Å²) >= 11 is 0. The van der Waals surface area contributed by atoms with Crippen molar-refractivity contribution < 1.29 is 14.6 Å². The van der Waals surface area contributed by atoms with E-state index < -0.39 is 6.10 Å². The molecule has 5 heteroatoms. The lowest BCUT2D eigenvalue weighted by Gasteiger charge is -2.20. The maximum atomic E-state index is 11.5. The molecule has 0 radical (unpaired) electrons. The molecule has 3 N–H and O–H groups in total. The minimum Gasteiger partial charge on any atom is -0.389 e. The van der Waals surface area contributed by atoms with E-state index in [1.807, 2.05) is 13.8 Å². The van der Waals surface area contributed by atoms with Gasteiger partial charge in [0.05, 0.1) is 18.8 Å². The number of hydrogen-bond acceptors (Lipinski definition) is 4. The Hall–Kier alpha value is -0.650. The van der Waals surface area contributed by atoms with E-state index in [0.717, 1.165) is 12.8 Å². The van der Waals surface area contributed by atoms with Gasteiger partial charge >= 0.3 is 0 Å². The van der Waals surface area contributed by atoms with Crippen molar-refractivity contribution in [3.05, 3.63) is 0 Å². The fourth-order valence-electron chi connectivity index (χ4n) is 2.13. The molecule has 2 aliphatic rings. The molecule has 0 aromatic rings. The van der Waals surface area contributed by atoms with E-state index in [0.29, 0.717) is 19.2 Å². The van der Waals surface area contributed by atoms with Gasteiger partial charge in [0.2, 0.25) is 5.91 Å². The van der Waals surface area contributed by atoms with Crippen LogP contribution in [0.4, 0.5) is 0 Å². The first-order valence-electron chi connectivity index (χ1n) is 6.41. The van der Waals surface area contributed by atoms with Crippen molar-refractivity contribution in [2.75, 3.05) is 13.2 Å². The summed E-state index contributed by atoms with van der Waals surface area (Å²) in [5.41, 5.74) is 0. The molecule has 1 heterocycles. The lowest BCUT2D eigenvalue weighted by Crippen LogP contribution is -2.47.